The van der Waals surface area contributed by atoms with Crippen molar-refractivity contribution in [3.63, 3.8) is 0 Å². The van der Waals surface area contributed by atoms with E-state index >= 15 is 0 Å². The highest BCUT2D eigenvalue weighted by Gasteiger charge is 2.26. The quantitative estimate of drug-likeness (QED) is 0.757. The van der Waals surface area contributed by atoms with Crippen LogP contribution >= 0.6 is 0 Å². The molecule has 0 saturated carbocycles. The zero-order chi connectivity index (χ0) is 15.0. The molecule has 0 bridgehead atoms. The van der Waals surface area contributed by atoms with Crippen molar-refractivity contribution in [3.05, 3.63) is 18.1 Å². The van der Waals surface area contributed by atoms with Crippen molar-refractivity contribution < 1.29 is 18.0 Å². The average Bonchev–Trinajstić information content (AvgIpc) is 2.40. The molecule has 1 amide bonds. The lowest BCUT2D eigenvalue weighted by Crippen LogP contribution is -2.26. The van der Waals surface area contributed by atoms with E-state index in [1.165, 1.54) is 12.4 Å². The van der Waals surface area contributed by atoms with Crippen LogP contribution in [0.2, 0.25) is 0 Å². The van der Waals surface area contributed by atoms with E-state index in [2.05, 4.69) is 20.6 Å². The smallest absolute Gasteiger partial charge is 0.369 e. The molecule has 0 aromatic carbocycles. The molecule has 0 saturated heterocycles. The number of amides is 1. The van der Waals surface area contributed by atoms with Crippen LogP contribution in [0.3, 0.4) is 0 Å². The summed E-state index contributed by atoms with van der Waals surface area (Å²) in [5.41, 5.74) is 0.0825. The monoisotopic (exact) mass is 290 g/mol. The first-order valence-corrected chi connectivity index (χ1v) is 6.33. The summed E-state index contributed by atoms with van der Waals surface area (Å²) in [5, 5.41) is 5.37. The molecule has 0 unspecified atom stereocenters. The molecule has 2 N–H and O–H groups in total. The Bertz CT molecular complexity index is 420. The van der Waals surface area contributed by atoms with Crippen LogP contribution in [0.25, 0.3) is 0 Å². The van der Waals surface area contributed by atoms with E-state index in [9.17, 15) is 18.0 Å². The van der Waals surface area contributed by atoms with Crippen molar-refractivity contribution in [2.45, 2.75) is 32.4 Å². The number of alkyl halides is 3. The number of nitrogens with one attached hydrogen (secondary N) is 2. The van der Waals surface area contributed by atoms with Gasteiger partial charge in [0.05, 0.1) is 12.4 Å². The Morgan fingerprint density at radius 3 is 2.55 bits per heavy atom. The van der Waals surface area contributed by atoms with Gasteiger partial charge in [0, 0.05) is 19.5 Å². The fourth-order valence-corrected chi connectivity index (χ4v) is 1.37. The van der Waals surface area contributed by atoms with Crippen molar-refractivity contribution in [3.8, 4) is 0 Å². The lowest BCUT2D eigenvalue weighted by molar-refractivity contribution is -0.135. The van der Waals surface area contributed by atoms with Crippen molar-refractivity contribution >= 4 is 11.7 Å². The van der Waals surface area contributed by atoms with Crippen LogP contribution < -0.4 is 10.6 Å². The molecule has 0 radical (unpaired) electrons. The van der Waals surface area contributed by atoms with E-state index in [1.54, 1.807) is 0 Å². The fourth-order valence-electron chi connectivity index (χ4n) is 1.37. The number of carbonyl (C=O) groups excluding carboxylic acids is 1. The van der Waals surface area contributed by atoms with Gasteiger partial charge in [0.15, 0.2) is 0 Å². The highest BCUT2D eigenvalue weighted by Crippen LogP contribution is 2.20. The summed E-state index contributed by atoms with van der Waals surface area (Å²) in [5.74, 6) is 0.0298. The second-order valence-electron chi connectivity index (χ2n) is 4.19. The van der Waals surface area contributed by atoms with Crippen LogP contribution in [0.1, 0.15) is 36.7 Å². The number of aromatic nitrogens is 2. The van der Waals surface area contributed by atoms with Crippen molar-refractivity contribution in [2.75, 3.05) is 18.4 Å². The van der Waals surface area contributed by atoms with Gasteiger partial charge in [0.25, 0.3) is 5.91 Å². The molecule has 1 heterocycles. The summed E-state index contributed by atoms with van der Waals surface area (Å²) in [6, 6.07) is 0. The zero-order valence-electron chi connectivity index (χ0n) is 11.1. The number of rotatable bonds is 7. The normalized spacial score (nSPS) is 11.2. The predicted molar refractivity (Wildman–Crippen MR) is 68.4 cm³/mol. The maximum atomic E-state index is 11.9. The molecule has 0 aliphatic heterocycles. The van der Waals surface area contributed by atoms with Gasteiger partial charge >= 0.3 is 6.18 Å². The van der Waals surface area contributed by atoms with E-state index in [1.807, 2.05) is 6.92 Å². The van der Waals surface area contributed by atoms with Crippen LogP contribution in [0.5, 0.6) is 0 Å². The van der Waals surface area contributed by atoms with Gasteiger partial charge in [-0.3, -0.25) is 4.79 Å². The SMILES string of the molecule is CCCNc1cnc(C(=O)NCCCC(F)(F)F)cn1. The largest absolute Gasteiger partial charge is 0.389 e. The van der Waals surface area contributed by atoms with E-state index in [0.717, 1.165) is 13.0 Å². The summed E-state index contributed by atoms with van der Waals surface area (Å²) in [7, 11) is 0. The summed E-state index contributed by atoms with van der Waals surface area (Å²) in [6.07, 6.45) is -1.63. The van der Waals surface area contributed by atoms with Gasteiger partial charge in [-0.2, -0.15) is 13.2 Å². The molecule has 1 aromatic rings. The average molecular weight is 290 g/mol. The molecule has 0 atom stereocenters. The molecular weight excluding hydrogens is 273 g/mol. The van der Waals surface area contributed by atoms with Gasteiger partial charge < -0.3 is 10.6 Å². The lowest BCUT2D eigenvalue weighted by atomic mass is 10.3. The van der Waals surface area contributed by atoms with Gasteiger partial charge in [-0.25, -0.2) is 9.97 Å². The van der Waals surface area contributed by atoms with Crippen molar-refractivity contribution in [2.24, 2.45) is 0 Å². The minimum absolute atomic E-state index is 0.0458. The summed E-state index contributed by atoms with van der Waals surface area (Å²) >= 11 is 0. The van der Waals surface area contributed by atoms with E-state index in [-0.39, 0.29) is 18.7 Å². The third-order valence-electron chi connectivity index (χ3n) is 2.36. The third-order valence-corrected chi connectivity index (χ3v) is 2.36. The summed E-state index contributed by atoms with van der Waals surface area (Å²) < 4.78 is 35.7. The van der Waals surface area contributed by atoms with Crippen LogP contribution in [0, 0.1) is 0 Å². The Hall–Kier alpha value is -1.86. The molecule has 0 fully saturated rings. The standard InChI is InChI=1S/C12H17F3N4O/c1-2-5-16-10-8-18-9(7-19-10)11(20)17-6-3-4-12(13,14)15/h7-8H,2-6H2,1H3,(H,16,19)(H,17,20). The van der Waals surface area contributed by atoms with Gasteiger partial charge in [0.1, 0.15) is 11.5 Å². The molecule has 8 heteroatoms. The number of hydrogen-bond donors (Lipinski definition) is 2. The minimum atomic E-state index is -4.20. The molecule has 5 nitrogen and oxygen atoms in total. The number of hydrogen-bond acceptors (Lipinski definition) is 4. The number of carbonyl (C=O) groups is 1. The number of anilines is 1. The first kappa shape index (κ1) is 16.2. The Balaban J connectivity index is 2.36. The van der Waals surface area contributed by atoms with Gasteiger partial charge in [-0.1, -0.05) is 6.92 Å². The molecule has 1 aromatic heterocycles. The van der Waals surface area contributed by atoms with E-state index in [4.69, 9.17) is 0 Å². The molecule has 0 spiro atoms. The Morgan fingerprint density at radius 1 is 1.25 bits per heavy atom. The van der Waals surface area contributed by atoms with Crippen molar-refractivity contribution in [1.29, 1.82) is 0 Å². The maximum absolute atomic E-state index is 11.9. The summed E-state index contributed by atoms with van der Waals surface area (Å²) in [6.45, 7) is 2.71. The molecule has 1 rings (SSSR count). The minimum Gasteiger partial charge on any atom is -0.369 e. The molecular formula is C12H17F3N4O. The Kier molecular flexibility index (Phi) is 6.20. The third kappa shape index (κ3) is 6.35. The first-order valence-electron chi connectivity index (χ1n) is 6.33. The lowest BCUT2D eigenvalue weighted by Gasteiger charge is -2.07. The second-order valence-corrected chi connectivity index (χ2v) is 4.19. The van der Waals surface area contributed by atoms with E-state index < -0.39 is 18.5 Å². The maximum Gasteiger partial charge on any atom is 0.389 e. The predicted octanol–water partition coefficient (Wildman–Crippen LogP) is 2.37. The Labute approximate surface area is 115 Å². The van der Waals surface area contributed by atoms with Crippen LogP contribution in [0.4, 0.5) is 19.0 Å². The molecule has 112 valence electrons. The zero-order valence-corrected chi connectivity index (χ0v) is 11.1. The van der Waals surface area contributed by atoms with Gasteiger partial charge in [-0.05, 0) is 12.8 Å². The fraction of sp³-hybridized carbons (Fsp3) is 0.583. The van der Waals surface area contributed by atoms with Crippen molar-refractivity contribution in [1.82, 2.24) is 15.3 Å². The Morgan fingerprint density at radius 2 is 2.00 bits per heavy atom. The van der Waals surface area contributed by atoms with Gasteiger partial charge in [-0.15, -0.1) is 0 Å². The van der Waals surface area contributed by atoms with Crippen LogP contribution in [-0.2, 0) is 0 Å². The molecule has 0 aliphatic carbocycles. The highest BCUT2D eigenvalue weighted by molar-refractivity contribution is 5.91. The second kappa shape index (κ2) is 7.66. The molecule has 20 heavy (non-hydrogen) atoms. The van der Waals surface area contributed by atoms with Crippen LogP contribution in [-0.4, -0.2) is 35.1 Å². The summed E-state index contributed by atoms with van der Waals surface area (Å²) in [4.78, 5) is 19.5. The number of halogens is 3. The van der Waals surface area contributed by atoms with E-state index in [0.29, 0.717) is 5.82 Å². The van der Waals surface area contributed by atoms with Crippen LogP contribution in [0.15, 0.2) is 12.4 Å². The topological polar surface area (TPSA) is 66.9 Å². The number of nitrogens with zero attached hydrogens (tertiary/aromatic N) is 2. The van der Waals surface area contributed by atoms with Gasteiger partial charge in [0.2, 0.25) is 0 Å². The molecule has 0 aliphatic rings. The highest BCUT2D eigenvalue weighted by atomic mass is 19.4. The first-order chi connectivity index (χ1) is 9.42.